The SMILES string of the molecule is Cc1cccc(CCC(O)C2CCCC(S(C)(=O)=O)C2)c1. The molecule has 1 saturated carbocycles. The number of aliphatic hydroxyl groups is 1. The lowest BCUT2D eigenvalue weighted by Gasteiger charge is -2.31. The summed E-state index contributed by atoms with van der Waals surface area (Å²) in [4.78, 5) is 0. The Morgan fingerprint density at radius 2 is 2.10 bits per heavy atom. The lowest BCUT2D eigenvalue weighted by atomic mass is 9.83. The molecule has 0 aliphatic heterocycles. The Balaban J connectivity index is 1.89. The van der Waals surface area contributed by atoms with Crippen LogP contribution in [0.4, 0.5) is 0 Å². The molecule has 3 nitrogen and oxygen atoms in total. The smallest absolute Gasteiger partial charge is 0.150 e. The zero-order valence-corrected chi connectivity index (χ0v) is 13.8. The molecule has 1 N–H and O–H groups in total. The maximum atomic E-state index is 11.7. The van der Waals surface area contributed by atoms with Crippen molar-refractivity contribution >= 4 is 9.84 Å². The van der Waals surface area contributed by atoms with Crippen molar-refractivity contribution in [1.29, 1.82) is 0 Å². The van der Waals surface area contributed by atoms with E-state index in [-0.39, 0.29) is 11.2 Å². The molecule has 0 saturated heterocycles. The highest BCUT2D eigenvalue weighted by Gasteiger charge is 2.32. The highest BCUT2D eigenvalue weighted by Crippen LogP contribution is 2.32. The zero-order chi connectivity index (χ0) is 15.5. The van der Waals surface area contributed by atoms with Crippen molar-refractivity contribution in [3.63, 3.8) is 0 Å². The van der Waals surface area contributed by atoms with Crippen LogP contribution < -0.4 is 0 Å². The summed E-state index contributed by atoms with van der Waals surface area (Å²) in [6.07, 6.45) is 5.71. The number of aliphatic hydroxyl groups excluding tert-OH is 1. The third-order valence-corrected chi connectivity index (χ3v) is 6.27. The van der Waals surface area contributed by atoms with Gasteiger partial charge in [-0.15, -0.1) is 0 Å². The maximum Gasteiger partial charge on any atom is 0.150 e. The van der Waals surface area contributed by atoms with Crippen molar-refractivity contribution in [2.24, 2.45) is 5.92 Å². The third-order valence-electron chi connectivity index (χ3n) is 4.63. The average Bonchev–Trinajstić information content (AvgIpc) is 2.44. The van der Waals surface area contributed by atoms with Gasteiger partial charge in [0.2, 0.25) is 0 Å². The molecule has 21 heavy (non-hydrogen) atoms. The summed E-state index contributed by atoms with van der Waals surface area (Å²) in [5.74, 6) is 0.128. The van der Waals surface area contributed by atoms with Crippen molar-refractivity contribution in [3.05, 3.63) is 35.4 Å². The van der Waals surface area contributed by atoms with E-state index in [1.165, 1.54) is 17.4 Å². The Morgan fingerprint density at radius 1 is 1.33 bits per heavy atom. The van der Waals surface area contributed by atoms with Crippen LogP contribution in [0.5, 0.6) is 0 Å². The van der Waals surface area contributed by atoms with Crippen molar-refractivity contribution in [3.8, 4) is 0 Å². The van der Waals surface area contributed by atoms with E-state index in [0.717, 1.165) is 25.7 Å². The van der Waals surface area contributed by atoms with Crippen molar-refractivity contribution < 1.29 is 13.5 Å². The summed E-state index contributed by atoms with van der Waals surface area (Å²) in [7, 11) is -2.98. The molecular formula is C17H26O3S. The number of hydrogen-bond donors (Lipinski definition) is 1. The number of sulfone groups is 1. The molecule has 3 unspecified atom stereocenters. The molecule has 0 bridgehead atoms. The minimum Gasteiger partial charge on any atom is -0.393 e. The first-order valence-corrected chi connectivity index (χ1v) is 9.74. The zero-order valence-electron chi connectivity index (χ0n) is 13.0. The van der Waals surface area contributed by atoms with Crippen LogP contribution in [0.25, 0.3) is 0 Å². The molecular weight excluding hydrogens is 284 g/mol. The molecule has 0 spiro atoms. The summed E-state index contributed by atoms with van der Waals surface area (Å²) in [6.45, 7) is 2.07. The van der Waals surface area contributed by atoms with Crippen LogP contribution in [0.3, 0.4) is 0 Å². The highest BCUT2D eigenvalue weighted by atomic mass is 32.2. The van der Waals surface area contributed by atoms with Gasteiger partial charge in [-0.05, 0) is 50.5 Å². The highest BCUT2D eigenvalue weighted by molar-refractivity contribution is 7.91. The molecule has 4 heteroatoms. The van der Waals surface area contributed by atoms with Gasteiger partial charge in [0.1, 0.15) is 9.84 Å². The molecule has 0 heterocycles. The first-order valence-electron chi connectivity index (χ1n) is 7.78. The van der Waals surface area contributed by atoms with E-state index >= 15 is 0 Å². The number of aryl methyl sites for hydroxylation is 2. The largest absolute Gasteiger partial charge is 0.393 e. The van der Waals surface area contributed by atoms with Crippen LogP contribution in [0.1, 0.15) is 43.2 Å². The monoisotopic (exact) mass is 310 g/mol. The van der Waals surface area contributed by atoms with E-state index in [1.54, 1.807) is 0 Å². The predicted octanol–water partition coefficient (Wildman–Crippen LogP) is 2.89. The first-order chi connectivity index (χ1) is 9.86. The van der Waals surface area contributed by atoms with Crippen LogP contribution >= 0.6 is 0 Å². The standard InChI is InChI=1S/C17H26O3S/c1-13-5-3-6-14(11-13)9-10-17(18)15-7-4-8-16(12-15)21(2,19)20/h3,5-6,11,15-18H,4,7-10,12H2,1-2H3. The summed E-state index contributed by atoms with van der Waals surface area (Å²) in [5, 5.41) is 10.1. The second-order valence-electron chi connectivity index (χ2n) is 6.47. The molecule has 1 fully saturated rings. The van der Waals surface area contributed by atoms with Crippen LogP contribution in [0.2, 0.25) is 0 Å². The predicted molar refractivity (Wildman–Crippen MR) is 86.1 cm³/mol. The Kier molecular flexibility index (Phi) is 5.44. The minimum atomic E-state index is -2.98. The number of benzene rings is 1. The number of hydrogen-bond acceptors (Lipinski definition) is 3. The van der Waals surface area contributed by atoms with Gasteiger partial charge in [-0.3, -0.25) is 0 Å². The lowest BCUT2D eigenvalue weighted by Crippen LogP contribution is -2.33. The van der Waals surface area contributed by atoms with Crippen molar-refractivity contribution in [2.45, 2.75) is 56.8 Å². The number of rotatable bonds is 5. The average molecular weight is 310 g/mol. The van der Waals surface area contributed by atoms with Crippen molar-refractivity contribution in [2.75, 3.05) is 6.26 Å². The second kappa shape index (κ2) is 6.93. The van der Waals surface area contributed by atoms with Gasteiger partial charge in [0.15, 0.2) is 0 Å². The van der Waals surface area contributed by atoms with Crippen LogP contribution in [0.15, 0.2) is 24.3 Å². The molecule has 1 aliphatic rings. The Hall–Kier alpha value is -0.870. The molecule has 1 aromatic carbocycles. The topological polar surface area (TPSA) is 54.4 Å². The lowest BCUT2D eigenvalue weighted by molar-refractivity contribution is 0.0783. The van der Waals surface area contributed by atoms with Gasteiger partial charge in [-0.25, -0.2) is 8.42 Å². The van der Waals surface area contributed by atoms with E-state index in [2.05, 4.69) is 25.1 Å². The summed E-state index contributed by atoms with van der Waals surface area (Å²) >= 11 is 0. The van der Waals surface area contributed by atoms with Gasteiger partial charge >= 0.3 is 0 Å². The Bertz CT molecular complexity index is 565. The van der Waals surface area contributed by atoms with Crippen LogP contribution in [-0.2, 0) is 16.3 Å². The molecule has 0 radical (unpaired) electrons. The van der Waals surface area contributed by atoms with E-state index in [4.69, 9.17) is 0 Å². The van der Waals surface area contributed by atoms with E-state index in [0.29, 0.717) is 12.8 Å². The fraction of sp³-hybridized carbons (Fsp3) is 0.647. The molecule has 0 amide bonds. The maximum absolute atomic E-state index is 11.7. The molecule has 1 aromatic rings. The molecule has 118 valence electrons. The van der Waals surface area contributed by atoms with Gasteiger partial charge in [0.25, 0.3) is 0 Å². The van der Waals surface area contributed by atoms with E-state index in [9.17, 15) is 13.5 Å². The Labute approximate surface area is 128 Å². The van der Waals surface area contributed by atoms with Crippen molar-refractivity contribution in [1.82, 2.24) is 0 Å². The first kappa shape index (κ1) is 16.5. The van der Waals surface area contributed by atoms with Gasteiger partial charge in [-0.2, -0.15) is 0 Å². The third kappa shape index (κ3) is 4.82. The van der Waals surface area contributed by atoms with Crippen LogP contribution in [0, 0.1) is 12.8 Å². The summed E-state index contributed by atoms with van der Waals surface area (Å²) in [5.41, 5.74) is 2.47. The van der Waals surface area contributed by atoms with Gasteiger partial charge < -0.3 is 5.11 Å². The molecule has 3 atom stereocenters. The van der Waals surface area contributed by atoms with E-state index < -0.39 is 15.9 Å². The van der Waals surface area contributed by atoms with Gasteiger partial charge in [0.05, 0.1) is 11.4 Å². The second-order valence-corrected chi connectivity index (χ2v) is 8.80. The molecule has 1 aliphatic carbocycles. The van der Waals surface area contributed by atoms with Crippen LogP contribution in [-0.4, -0.2) is 31.1 Å². The summed E-state index contributed by atoms with van der Waals surface area (Å²) < 4.78 is 23.4. The van der Waals surface area contributed by atoms with Gasteiger partial charge in [0, 0.05) is 6.26 Å². The van der Waals surface area contributed by atoms with Gasteiger partial charge in [-0.1, -0.05) is 36.2 Å². The van der Waals surface area contributed by atoms with E-state index in [1.807, 2.05) is 6.07 Å². The minimum absolute atomic E-state index is 0.128. The Morgan fingerprint density at radius 3 is 2.76 bits per heavy atom. The quantitative estimate of drug-likeness (QED) is 0.910. The normalized spacial score (nSPS) is 24.7. The molecule has 0 aromatic heterocycles. The molecule has 2 rings (SSSR count). The fourth-order valence-electron chi connectivity index (χ4n) is 3.34. The summed E-state index contributed by atoms with van der Waals surface area (Å²) in [6, 6.07) is 8.34. The fourth-order valence-corrected chi connectivity index (χ4v) is 4.53.